The van der Waals surface area contributed by atoms with Gasteiger partial charge < -0.3 is 10.3 Å². The molecule has 0 amide bonds. The average Bonchev–Trinajstić information content (AvgIpc) is 3.14. The molecule has 1 aliphatic rings. The summed E-state index contributed by atoms with van der Waals surface area (Å²) in [5.41, 5.74) is 3.46. The molecule has 6 heteroatoms. The minimum atomic E-state index is -0.198. The maximum absolute atomic E-state index is 14.4. The van der Waals surface area contributed by atoms with Gasteiger partial charge in [-0.25, -0.2) is 9.37 Å². The van der Waals surface area contributed by atoms with E-state index < -0.39 is 0 Å². The van der Waals surface area contributed by atoms with Gasteiger partial charge in [0.25, 0.3) is 0 Å². The van der Waals surface area contributed by atoms with Crippen LogP contribution in [0, 0.1) is 5.82 Å². The molecule has 2 N–H and O–H groups in total. The number of nitrogens with zero attached hydrogens (tertiary/aromatic N) is 3. The van der Waals surface area contributed by atoms with Crippen LogP contribution >= 0.6 is 0 Å². The van der Waals surface area contributed by atoms with Gasteiger partial charge in [-0.05, 0) is 37.9 Å². The Balaban J connectivity index is 1.85. The van der Waals surface area contributed by atoms with E-state index in [-0.39, 0.29) is 11.7 Å². The van der Waals surface area contributed by atoms with Crippen LogP contribution in [0.5, 0.6) is 0 Å². The molecule has 0 bridgehead atoms. The Labute approximate surface area is 127 Å². The first-order chi connectivity index (χ1) is 10.7. The second kappa shape index (κ2) is 5.21. The topological polar surface area (TPSA) is 58.5 Å². The van der Waals surface area contributed by atoms with Crippen LogP contribution in [-0.4, -0.2) is 32.8 Å². The van der Waals surface area contributed by atoms with E-state index in [0.29, 0.717) is 0 Å². The van der Waals surface area contributed by atoms with E-state index in [1.807, 2.05) is 19.3 Å². The standard InChI is InChI=1S/C16H18FN5/c1-22-9-11(7-20-22)14-6-12-15(10-2-4-18-5-3-10)13(17)8-19-16(12)21-14/h6-10,18H,2-5H2,1H3,(H,19,21). The summed E-state index contributed by atoms with van der Waals surface area (Å²) in [6.07, 6.45) is 6.99. The van der Waals surface area contributed by atoms with Crippen molar-refractivity contribution in [2.24, 2.45) is 7.05 Å². The highest BCUT2D eigenvalue weighted by atomic mass is 19.1. The minimum Gasteiger partial charge on any atom is -0.339 e. The Kier molecular flexibility index (Phi) is 3.18. The smallest absolute Gasteiger partial charge is 0.145 e. The maximum Gasteiger partial charge on any atom is 0.145 e. The molecule has 0 aliphatic carbocycles. The highest BCUT2D eigenvalue weighted by molar-refractivity contribution is 5.86. The monoisotopic (exact) mass is 299 g/mol. The number of rotatable bonds is 2. The lowest BCUT2D eigenvalue weighted by Gasteiger charge is -2.23. The number of piperidine rings is 1. The van der Waals surface area contributed by atoms with Crippen LogP contribution in [-0.2, 0) is 7.05 Å². The van der Waals surface area contributed by atoms with Gasteiger partial charge in [-0.2, -0.15) is 5.10 Å². The Bertz CT molecular complexity index is 813. The molecule has 0 unspecified atom stereocenters. The lowest BCUT2D eigenvalue weighted by atomic mass is 9.88. The van der Waals surface area contributed by atoms with Crippen LogP contribution in [0.3, 0.4) is 0 Å². The number of halogens is 1. The van der Waals surface area contributed by atoms with Crippen molar-refractivity contribution in [3.8, 4) is 11.3 Å². The van der Waals surface area contributed by atoms with Crippen molar-refractivity contribution in [3.63, 3.8) is 0 Å². The zero-order valence-electron chi connectivity index (χ0n) is 12.4. The third-order valence-corrected chi connectivity index (χ3v) is 4.41. The first kappa shape index (κ1) is 13.5. The van der Waals surface area contributed by atoms with Gasteiger partial charge in [0.15, 0.2) is 0 Å². The predicted octanol–water partition coefficient (Wildman–Crippen LogP) is 2.57. The molecule has 5 nitrogen and oxygen atoms in total. The van der Waals surface area contributed by atoms with E-state index in [2.05, 4.69) is 20.4 Å². The average molecular weight is 299 g/mol. The van der Waals surface area contributed by atoms with Crippen LogP contribution in [0.15, 0.2) is 24.7 Å². The SMILES string of the molecule is Cn1cc(-c2cc3c(C4CCNCC4)c(F)cnc3[nH]2)cn1. The molecule has 0 saturated carbocycles. The van der Waals surface area contributed by atoms with Crippen LogP contribution in [0.25, 0.3) is 22.3 Å². The fraction of sp³-hybridized carbons (Fsp3) is 0.375. The molecule has 0 spiro atoms. The fourth-order valence-corrected chi connectivity index (χ4v) is 3.31. The summed E-state index contributed by atoms with van der Waals surface area (Å²) in [7, 11) is 1.88. The quantitative estimate of drug-likeness (QED) is 0.764. The molecule has 0 aromatic carbocycles. The van der Waals surface area contributed by atoms with Gasteiger partial charge in [-0.3, -0.25) is 4.68 Å². The Morgan fingerprint density at radius 2 is 2.09 bits per heavy atom. The maximum atomic E-state index is 14.4. The fourth-order valence-electron chi connectivity index (χ4n) is 3.31. The Morgan fingerprint density at radius 1 is 1.27 bits per heavy atom. The highest BCUT2D eigenvalue weighted by Gasteiger charge is 2.23. The highest BCUT2D eigenvalue weighted by Crippen LogP contribution is 2.34. The Morgan fingerprint density at radius 3 is 2.82 bits per heavy atom. The van der Waals surface area contributed by atoms with Gasteiger partial charge in [0, 0.05) is 29.8 Å². The molecule has 4 rings (SSSR count). The van der Waals surface area contributed by atoms with Gasteiger partial charge in [-0.15, -0.1) is 0 Å². The first-order valence-electron chi connectivity index (χ1n) is 7.59. The first-order valence-corrected chi connectivity index (χ1v) is 7.59. The van der Waals surface area contributed by atoms with Crippen molar-refractivity contribution < 1.29 is 4.39 Å². The minimum absolute atomic E-state index is 0.198. The summed E-state index contributed by atoms with van der Waals surface area (Å²) < 4.78 is 16.2. The van der Waals surface area contributed by atoms with Crippen LogP contribution in [0.1, 0.15) is 24.3 Å². The molecule has 114 valence electrons. The van der Waals surface area contributed by atoms with E-state index in [9.17, 15) is 4.39 Å². The van der Waals surface area contributed by atoms with Gasteiger partial charge in [-0.1, -0.05) is 0 Å². The van der Waals surface area contributed by atoms with Gasteiger partial charge >= 0.3 is 0 Å². The molecule has 3 aromatic heterocycles. The number of hydrogen-bond donors (Lipinski definition) is 2. The molecule has 0 radical (unpaired) electrons. The molecule has 1 saturated heterocycles. The van der Waals surface area contributed by atoms with E-state index >= 15 is 0 Å². The summed E-state index contributed by atoms with van der Waals surface area (Å²) >= 11 is 0. The second-order valence-electron chi connectivity index (χ2n) is 5.89. The molecule has 3 aromatic rings. The molecular formula is C16H18FN5. The van der Waals surface area contributed by atoms with E-state index in [1.54, 1.807) is 10.9 Å². The Hall–Kier alpha value is -2.21. The summed E-state index contributed by atoms with van der Waals surface area (Å²) in [5, 5.41) is 8.41. The van der Waals surface area contributed by atoms with Gasteiger partial charge in [0.1, 0.15) is 11.5 Å². The van der Waals surface area contributed by atoms with Crippen LogP contribution in [0.4, 0.5) is 4.39 Å². The van der Waals surface area contributed by atoms with Crippen molar-refractivity contribution >= 4 is 11.0 Å². The number of H-pyrrole nitrogens is 1. The molecule has 0 atom stereocenters. The number of aryl methyl sites for hydroxylation is 1. The predicted molar refractivity (Wildman–Crippen MR) is 83.1 cm³/mol. The van der Waals surface area contributed by atoms with Crippen molar-refractivity contribution in [1.82, 2.24) is 25.1 Å². The zero-order valence-corrected chi connectivity index (χ0v) is 12.4. The molecule has 22 heavy (non-hydrogen) atoms. The van der Waals surface area contributed by atoms with E-state index in [0.717, 1.165) is 53.8 Å². The van der Waals surface area contributed by atoms with Crippen molar-refractivity contribution in [2.45, 2.75) is 18.8 Å². The number of aromatic nitrogens is 4. The number of fused-ring (bicyclic) bond motifs is 1. The molecule has 4 heterocycles. The molecule has 1 aliphatic heterocycles. The summed E-state index contributed by atoms with van der Waals surface area (Å²) in [5.74, 6) is 0.0560. The normalized spacial score (nSPS) is 16.5. The molecule has 1 fully saturated rings. The lowest BCUT2D eigenvalue weighted by molar-refractivity contribution is 0.447. The number of nitrogens with one attached hydrogen (secondary N) is 2. The van der Waals surface area contributed by atoms with E-state index in [1.165, 1.54) is 6.20 Å². The molecular weight excluding hydrogens is 281 g/mol. The van der Waals surface area contributed by atoms with Gasteiger partial charge in [0.05, 0.1) is 18.1 Å². The third kappa shape index (κ3) is 2.20. The van der Waals surface area contributed by atoms with Gasteiger partial charge in [0.2, 0.25) is 0 Å². The number of hydrogen-bond acceptors (Lipinski definition) is 3. The van der Waals surface area contributed by atoms with Crippen LogP contribution in [0.2, 0.25) is 0 Å². The third-order valence-electron chi connectivity index (χ3n) is 4.41. The van der Waals surface area contributed by atoms with Crippen molar-refractivity contribution in [3.05, 3.63) is 36.0 Å². The van der Waals surface area contributed by atoms with Crippen molar-refractivity contribution in [2.75, 3.05) is 13.1 Å². The number of aromatic amines is 1. The summed E-state index contributed by atoms with van der Waals surface area (Å²) in [6, 6.07) is 2.00. The summed E-state index contributed by atoms with van der Waals surface area (Å²) in [6.45, 7) is 1.88. The van der Waals surface area contributed by atoms with E-state index in [4.69, 9.17) is 0 Å². The van der Waals surface area contributed by atoms with Crippen LogP contribution < -0.4 is 5.32 Å². The second-order valence-corrected chi connectivity index (χ2v) is 5.89. The number of pyridine rings is 1. The largest absolute Gasteiger partial charge is 0.339 e. The van der Waals surface area contributed by atoms with Crippen molar-refractivity contribution in [1.29, 1.82) is 0 Å². The zero-order chi connectivity index (χ0) is 15.1. The summed E-state index contributed by atoms with van der Waals surface area (Å²) in [4.78, 5) is 7.50. The lowest BCUT2D eigenvalue weighted by Crippen LogP contribution is -2.27.